The third kappa shape index (κ3) is 3.73. The molecule has 1 N–H and O–H groups in total. The molecular formula is C12H18BrO2P. The molecule has 0 heterocycles. The first kappa shape index (κ1) is 14.0. The zero-order chi connectivity index (χ0) is 12.3. The van der Waals surface area contributed by atoms with Crippen LogP contribution in [0.1, 0.15) is 30.0 Å². The zero-order valence-corrected chi connectivity index (χ0v) is 12.4. The molecule has 0 radical (unpaired) electrons. The molecule has 4 heteroatoms. The summed E-state index contributed by atoms with van der Waals surface area (Å²) in [6.07, 6.45) is 1.44. The van der Waals surface area contributed by atoms with Gasteiger partial charge in [0.2, 0.25) is 7.37 Å². The molecule has 0 aromatic heterocycles. The molecule has 0 aliphatic carbocycles. The molecule has 1 unspecified atom stereocenters. The molecule has 0 saturated heterocycles. The highest BCUT2D eigenvalue weighted by Crippen LogP contribution is 2.45. The predicted molar refractivity (Wildman–Crippen MR) is 72.3 cm³/mol. The van der Waals surface area contributed by atoms with E-state index in [-0.39, 0.29) is 6.16 Å². The summed E-state index contributed by atoms with van der Waals surface area (Å²) in [5.41, 5.74) is 3.19. The molecule has 0 fully saturated rings. The van der Waals surface area contributed by atoms with Crippen LogP contribution in [0.15, 0.2) is 16.6 Å². The molecule has 0 aliphatic heterocycles. The van der Waals surface area contributed by atoms with Gasteiger partial charge in [-0.2, -0.15) is 0 Å². The molecule has 2 nitrogen and oxygen atoms in total. The van der Waals surface area contributed by atoms with Gasteiger partial charge in [0.15, 0.2) is 0 Å². The Balaban J connectivity index is 2.95. The SMILES string of the molecule is CCCP(=O)(O)Cc1cc(C)c(Br)c(C)c1. The Bertz CT molecular complexity index is 406. The first-order valence-corrected chi connectivity index (χ1v) is 8.24. The lowest BCUT2D eigenvalue weighted by Gasteiger charge is -2.12. The van der Waals surface area contributed by atoms with Crippen molar-refractivity contribution >= 4 is 23.3 Å². The minimum absolute atomic E-state index is 0.287. The first-order valence-electron chi connectivity index (χ1n) is 5.42. The summed E-state index contributed by atoms with van der Waals surface area (Å²) in [5, 5.41) is 0. The predicted octanol–water partition coefficient (Wildman–Crippen LogP) is 4.25. The zero-order valence-electron chi connectivity index (χ0n) is 9.96. The van der Waals surface area contributed by atoms with E-state index in [0.29, 0.717) is 6.16 Å². The Labute approximate surface area is 106 Å². The topological polar surface area (TPSA) is 37.3 Å². The molecule has 0 amide bonds. The second-order valence-electron chi connectivity index (χ2n) is 4.27. The lowest BCUT2D eigenvalue weighted by atomic mass is 10.1. The fourth-order valence-electron chi connectivity index (χ4n) is 1.84. The third-order valence-electron chi connectivity index (χ3n) is 2.50. The van der Waals surface area contributed by atoms with E-state index in [1.54, 1.807) is 0 Å². The van der Waals surface area contributed by atoms with Crippen molar-refractivity contribution in [3.63, 3.8) is 0 Å². The molecule has 1 rings (SSSR count). The number of aryl methyl sites for hydroxylation is 2. The van der Waals surface area contributed by atoms with Crippen LogP contribution in [0.5, 0.6) is 0 Å². The van der Waals surface area contributed by atoms with Gasteiger partial charge in [-0.1, -0.05) is 35.0 Å². The van der Waals surface area contributed by atoms with Gasteiger partial charge < -0.3 is 4.89 Å². The van der Waals surface area contributed by atoms with Crippen LogP contribution >= 0.6 is 23.3 Å². The molecule has 0 aliphatic rings. The molecule has 1 aromatic rings. The number of hydrogen-bond donors (Lipinski definition) is 1. The largest absolute Gasteiger partial charge is 0.344 e. The van der Waals surface area contributed by atoms with Crippen LogP contribution in [-0.2, 0) is 10.7 Å². The van der Waals surface area contributed by atoms with Crippen molar-refractivity contribution in [3.05, 3.63) is 33.3 Å². The molecular weight excluding hydrogens is 287 g/mol. The molecule has 1 aromatic carbocycles. The van der Waals surface area contributed by atoms with Crippen LogP contribution in [0.25, 0.3) is 0 Å². The molecule has 1 atom stereocenters. The van der Waals surface area contributed by atoms with E-state index >= 15 is 0 Å². The summed E-state index contributed by atoms with van der Waals surface area (Å²) < 4.78 is 12.9. The van der Waals surface area contributed by atoms with E-state index in [1.165, 1.54) is 0 Å². The number of hydrogen-bond acceptors (Lipinski definition) is 1. The second-order valence-corrected chi connectivity index (χ2v) is 7.52. The van der Waals surface area contributed by atoms with Crippen LogP contribution in [-0.4, -0.2) is 11.1 Å². The monoisotopic (exact) mass is 304 g/mol. The van der Waals surface area contributed by atoms with Gasteiger partial charge in [-0.15, -0.1) is 0 Å². The number of halogens is 1. The van der Waals surface area contributed by atoms with Crippen molar-refractivity contribution in [1.29, 1.82) is 0 Å². The highest BCUT2D eigenvalue weighted by atomic mass is 79.9. The van der Waals surface area contributed by atoms with Crippen molar-refractivity contribution < 1.29 is 9.46 Å². The fraction of sp³-hybridized carbons (Fsp3) is 0.500. The van der Waals surface area contributed by atoms with E-state index < -0.39 is 7.37 Å². The Morgan fingerprint density at radius 3 is 2.25 bits per heavy atom. The van der Waals surface area contributed by atoms with Gasteiger partial charge in [-0.3, -0.25) is 4.57 Å². The summed E-state index contributed by atoms with van der Waals surface area (Å²) in [5.74, 6) is 0. The Kier molecular flexibility index (Phi) is 4.78. The number of rotatable bonds is 4. The van der Waals surface area contributed by atoms with Gasteiger partial charge >= 0.3 is 0 Å². The van der Waals surface area contributed by atoms with Gasteiger partial charge in [0.05, 0.1) is 0 Å². The molecule has 0 saturated carbocycles. The maximum atomic E-state index is 11.8. The third-order valence-corrected chi connectivity index (χ3v) is 5.76. The first-order chi connectivity index (χ1) is 7.35. The van der Waals surface area contributed by atoms with Gasteiger partial charge in [0, 0.05) is 16.8 Å². The maximum Gasteiger partial charge on any atom is 0.204 e. The summed E-state index contributed by atoms with van der Waals surface area (Å²) in [4.78, 5) is 9.76. The van der Waals surface area contributed by atoms with Crippen LogP contribution in [0.2, 0.25) is 0 Å². The molecule has 90 valence electrons. The highest BCUT2D eigenvalue weighted by Gasteiger charge is 2.18. The van der Waals surface area contributed by atoms with Crippen molar-refractivity contribution in [1.82, 2.24) is 0 Å². The smallest absolute Gasteiger partial charge is 0.204 e. The van der Waals surface area contributed by atoms with E-state index in [9.17, 15) is 9.46 Å². The second kappa shape index (κ2) is 5.48. The van der Waals surface area contributed by atoms with Gasteiger partial charge in [0.25, 0.3) is 0 Å². The summed E-state index contributed by atoms with van der Waals surface area (Å²) in [6.45, 7) is 5.94. The van der Waals surface area contributed by atoms with Crippen LogP contribution in [0.3, 0.4) is 0 Å². The van der Waals surface area contributed by atoms with Gasteiger partial charge in [-0.05, 0) is 37.0 Å². The summed E-state index contributed by atoms with van der Waals surface area (Å²) in [6, 6.07) is 3.96. The van der Waals surface area contributed by atoms with Crippen molar-refractivity contribution in [2.24, 2.45) is 0 Å². The molecule has 0 bridgehead atoms. The van der Waals surface area contributed by atoms with Crippen LogP contribution in [0.4, 0.5) is 0 Å². The Morgan fingerprint density at radius 1 is 1.31 bits per heavy atom. The average Bonchev–Trinajstić information content (AvgIpc) is 2.13. The minimum atomic E-state index is -2.98. The van der Waals surface area contributed by atoms with Crippen LogP contribution in [0, 0.1) is 13.8 Å². The van der Waals surface area contributed by atoms with E-state index in [4.69, 9.17) is 0 Å². The summed E-state index contributed by atoms with van der Waals surface area (Å²) >= 11 is 3.49. The minimum Gasteiger partial charge on any atom is -0.344 e. The van der Waals surface area contributed by atoms with Gasteiger partial charge in [-0.25, -0.2) is 0 Å². The maximum absolute atomic E-state index is 11.8. The van der Waals surface area contributed by atoms with E-state index in [0.717, 1.165) is 27.6 Å². The van der Waals surface area contributed by atoms with Crippen molar-refractivity contribution in [2.45, 2.75) is 33.4 Å². The van der Waals surface area contributed by atoms with Crippen LogP contribution < -0.4 is 0 Å². The highest BCUT2D eigenvalue weighted by molar-refractivity contribution is 9.10. The summed E-state index contributed by atoms with van der Waals surface area (Å²) in [7, 11) is -2.98. The Morgan fingerprint density at radius 2 is 1.81 bits per heavy atom. The standard InChI is InChI=1S/C12H18BrO2P/c1-4-5-16(14,15)8-11-6-9(2)12(13)10(3)7-11/h6-7H,4-5,8H2,1-3H3,(H,14,15). The van der Waals surface area contributed by atoms with E-state index in [1.807, 2.05) is 32.9 Å². The van der Waals surface area contributed by atoms with Crippen molar-refractivity contribution in [3.8, 4) is 0 Å². The normalized spacial score (nSPS) is 14.8. The lowest BCUT2D eigenvalue weighted by molar-refractivity contribution is 0.476. The lowest BCUT2D eigenvalue weighted by Crippen LogP contribution is -1.95. The van der Waals surface area contributed by atoms with E-state index in [2.05, 4.69) is 15.9 Å². The molecule has 16 heavy (non-hydrogen) atoms. The molecule has 0 spiro atoms. The van der Waals surface area contributed by atoms with Crippen molar-refractivity contribution in [2.75, 3.05) is 6.16 Å². The number of benzene rings is 1. The average molecular weight is 305 g/mol. The van der Waals surface area contributed by atoms with Gasteiger partial charge in [0.1, 0.15) is 0 Å². The quantitative estimate of drug-likeness (QED) is 0.845. The Hall–Kier alpha value is -0.110. The fourth-order valence-corrected chi connectivity index (χ4v) is 3.68.